The van der Waals surface area contributed by atoms with Crippen molar-refractivity contribution in [3.63, 3.8) is 0 Å². The van der Waals surface area contributed by atoms with Crippen LogP contribution in [0.25, 0.3) is 0 Å². The van der Waals surface area contributed by atoms with Crippen LogP contribution in [0.4, 0.5) is 0 Å². The van der Waals surface area contributed by atoms with E-state index in [1.807, 2.05) is 4.90 Å². The average Bonchev–Trinajstić information content (AvgIpc) is 2.96. The molecule has 2 rings (SSSR count). The number of hydrogen-bond donors (Lipinski definition) is 1. The van der Waals surface area contributed by atoms with Crippen molar-refractivity contribution in [2.75, 3.05) is 39.3 Å². The maximum Gasteiger partial charge on any atom is 0.223 e. The Kier molecular flexibility index (Phi) is 4.18. The second-order valence-electron chi connectivity index (χ2n) is 4.98. The Morgan fingerprint density at radius 3 is 2.62 bits per heavy atom. The van der Waals surface area contributed by atoms with Gasteiger partial charge in [-0.1, -0.05) is 0 Å². The summed E-state index contributed by atoms with van der Waals surface area (Å²) in [5, 5.41) is 9.02. The quantitative estimate of drug-likeness (QED) is 0.750. The number of rotatable bonds is 4. The van der Waals surface area contributed by atoms with Crippen LogP contribution in [0, 0.1) is 5.92 Å². The molecule has 92 valence electrons. The molecule has 0 aromatic carbocycles. The monoisotopic (exact) mass is 226 g/mol. The van der Waals surface area contributed by atoms with Gasteiger partial charge in [0, 0.05) is 38.6 Å². The van der Waals surface area contributed by atoms with Crippen molar-refractivity contribution in [2.45, 2.75) is 25.7 Å². The minimum Gasteiger partial charge on any atom is -0.396 e. The molecule has 0 saturated carbocycles. The van der Waals surface area contributed by atoms with Gasteiger partial charge in [0.2, 0.25) is 5.91 Å². The van der Waals surface area contributed by atoms with E-state index in [0.717, 1.165) is 39.1 Å². The number of aliphatic hydroxyl groups excluding tert-OH is 1. The van der Waals surface area contributed by atoms with Gasteiger partial charge in [-0.25, -0.2) is 0 Å². The summed E-state index contributed by atoms with van der Waals surface area (Å²) in [6, 6.07) is 0. The molecule has 0 aromatic rings. The highest BCUT2D eigenvalue weighted by Gasteiger charge is 2.25. The molecule has 2 fully saturated rings. The molecule has 4 nitrogen and oxygen atoms in total. The molecule has 2 heterocycles. The highest BCUT2D eigenvalue weighted by molar-refractivity contribution is 5.76. The Balaban J connectivity index is 1.67. The van der Waals surface area contributed by atoms with E-state index < -0.39 is 0 Å². The first-order chi connectivity index (χ1) is 7.79. The fourth-order valence-electron chi connectivity index (χ4n) is 2.63. The smallest absolute Gasteiger partial charge is 0.223 e. The zero-order valence-corrected chi connectivity index (χ0v) is 9.90. The summed E-state index contributed by atoms with van der Waals surface area (Å²) in [7, 11) is 0. The summed E-state index contributed by atoms with van der Waals surface area (Å²) in [5.74, 6) is 0.582. The van der Waals surface area contributed by atoms with Gasteiger partial charge in [-0.15, -0.1) is 0 Å². The van der Waals surface area contributed by atoms with Crippen LogP contribution in [0.2, 0.25) is 0 Å². The highest BCUT2D eigenvalue weighted by atomic mass is 16.3. The van der Waals surface area contributed by atoms with Gasteiger partial charge < -0.3 is 14.9 Å². The first kappa shape index (κ1) is 11.9. The SMILES string of the molecule is O=C(CCN1CCCC1)N1CCC(CO)C1. The van der Waals surface area contributed by atoms with Gasteiger partial charge >= 0.3 is 0 Å². The summed E-state index contributed by atoms with van der Waals surface area (Å²) in [4.78, 5) is 16.2. The van der Waals surface area contributed by atoms with Gasteiger partial charge in [-0.3, -0.25) is 4.79 Å². The zero-order valence-electron chi connectivity index (χ0n) is 9.90. The molecule has 0 spiro atoms. The molecule has 4 heteroatoms. The van der Waals surface area contributed by atoms with Crippen molar-refractivity contribution < 1.29 is 9.90 Å². The minimum atomic E-state index is 0.218. The van der Waals surface area contributed by atoms with Crippen molar-refractivity contribution in [3.05, 3.63) is 0 Å². The van der Waals surface area contributed by atoms with Crippen molar-refractivity contribution in [1.29, 1.82) is 0 Å². The predicted octanol–water partition coefficient (Wildman–Crippen LogP) is 0.313. The number of nitrogens with zero attached hydrogens (tertiary/aromatic N) is 2. The molecular formula is C12H22N2O2. The van der Waals surface area contributed by atoms with Crippen LogP contribution in [-0.2, 0) is 4.79 Å². The molecule has 1 amide bonds. The molecule has 0 radical (unpaired) electrons. The standard InChI is InChI=1S/C12H22N2O2/c15-10-11-3-8-14(9-11)12(16)4-7-13-5-1-2-6-13/h11,15H,1-10H2. The topological polar surface area (TPSA) is 43.8 Å². The fraction of sp³-hybridized carbons (Fsp3) is 0.917. The van der Waals surface area contributed by atoms with E-state index in [2.05, 4.69) is 4.90 Å². The van der Waals surface area contributed by atoms with Crippen molar-refractivity contribution in [1.82, 2.24) is 9.80 Å². The number of aliphatic hydroxyl groups is 1. The lowest BCUT2D eigenvalue weighted by molar-refractivity contribution is -0.130. The Bertz CT molecular complexity index is 239. The maximum atomic E-state index is 11.9. The van der Waals surface area contributed by atoms with E-state index in [4.69, 9.17) is 5.11 Å². The van der Waals surface area contributed by atoms with Crippen LogP contribution in [0.5, 0.6) is 0 Å². The largest absolute Gasteiger partial charge is 0.396 e. The molecule has 0 aliphatic carbocycles. The second-order valence-corrected chi connectivity index (χ2v) is 4.98. The number of carbonyl (C=O) groups excluding carboxylic acids is 1. The molecule has 0 aromatic heterocycles. The Morgan fingerprint density at radius 1 is 1.25 bits per heavy atom. The van der Waals surface area contributed by atoms with Crippen molar-refractivity contribution in [3.8, 4) is 0 Å². The van der Waals surface area contributed by atoms with E-state index in [1.165, 1.54) is 12.8 Å². The molecule has 0 bridgehead atoms. The van der Waals surface area contributed by atoms with Crippen LogP contribution >= 0.6 is 0 Å². The zero-order chi connectivity index (χ0) is 11.4. The van der Waals surface area contributed by atoms with E-state index in [9.17, 15) is 4.79 Å². The molecule has 2 saturated heterocycles. The van der Waals surface area contributed by atoms with Crippen LogP contribution < -0.4 is 0 Å². The molecule has 16 heavy (non-hydrogen) atoms. The van der Waals surface area contributed by atoms with Crippen molar-refractivity contribution in [2.24, 2.45) is 5.92 Å². The Hall–Kier alpha value is -0.610. The third kappa shape index (κ3) is 2.95. The van der Waals surface area contributed by atoms with E-state index in [0.29, 0.717) is 12.3 Å². The average molecular weight is 226 g/mol. The van der Waals surface area contributed by atoms with Crippen LogP contribution in [0.1, 0.15) is 25.7 Å². The lowest BCUT2D eigenvalue weighted by Crippen LogP contribution is -2.32. The Labute approximate surface area is 97.2 Å². The summed E-state index contributed by atoms with van der Waals surface area (Å²) in [5.41, 5.74) is 0. The van der Waals surface area contributed by atoms with Gasteiger partial charge in [0.05, 0.1) is 0 Å². The van der Waals surface area contributed by atoms with Gasteiger partial charge in [-0.2, -0.15) is 0 Å². The lowest BCUT2D eigenvalue weighted by Gasteiger charge is -2.19. The number of carbonyl (C=O) groups is 1. The molecule has 2 aliphatic heterocycles. The number of hydrogen-bond acceptors (Lipinski definition) is 3. The van der Waals surface area contributed by atoms with Crippen LogP contribution in [0.15, 0.2) is 0 Å². The maximum absolute atomic E-state index is 11.9. The number of amides is 1. The Morgan fingerprint density at radius 2 is 2.00 bits per heavy atom. The summed E-state index contributed by atoms with van der Waals surface area (Å²) in [6.45, 7) is 5.05. The summed E-state index contributed by atoms with van der Waals surface area (Å²) in [6.07, 6.45) is 4.18. The first-order valence-corrected chi connectivity index (χ1v) is 6.40. The van der Waals surface area contributed by atoms with E-state index in [-0.39, 0.29) is 12.5 Å². The number of likely N-dealkylation sites (tertiary alicyclic amines) is 2. The molecule has 1 atom stereocenters. The molecular weight excluding hydrogens is 204 g/mol. The molecule has 2 aliphatic rings. The predicted molar refractivity (Wildman–Crippen MR) is 62.1 cm³/mol. The summed E-state index contributed by atoms with van der Waals surface area (Å²) >= 11 is 0. The molecule has 1 unspecified atom stereocenters. The normalized spacial score (nSPS) is 26.6. The van der Waals surface area contributed by atoms with E-state index >= 15 is 0 Å². The minimum absolute atomic E-state index is 0.218. The van der Waals surface area contributed by atoms with E-state index in [1.54, 1.807) is 0 Å². The van der Waals surface area contributed by atoms with Crippen LogP contribution in [0.3, 0.4) is 0 Å². The van der Waals surface area contributed by atoms with Gasteiger partial charge in [-0.05, 0) is 32.4 Å². The van der Waals surface area contributed by atoms with Gasteiger partial charge in [0.15, 0.2) is 0 Å². The van der Waals surface area contributed by atoms with Gasteiger partial charge in [0.1, 0.15) is 0 Å². The molecule has 1 N–H and O–H groups in total. The van der Waals surface area contributed by atoms with Crippen molar-refractivity contribution >= 4 is 5.91 Å². The van der Waals surface area contributed by atoms with Gasteiger partial charge in [0.25, 0.3) is 0 Å². The third-order valence-electron chi connectivity index (χ3n) is 3.74. The first-order valence-electron chi connectivity index (χ1n) is 6.40. The third-order valence-corrected chi connectivity index (χ3v) is 3.74. The van der Waals surface area contributed by atoms with Crippen LogP contribution in [-0.4, -0.2) is 60.1 Å². The highest BCUT2D eigenvalue weighted by Crippen LogP contribution is 2.16. The fourth-order valence-corrected chi connectivity index (χ4v) is 2.63. The second kappa shape index (κ2) is 5.64. The summed E-state index contributed by atoms with van der Waals surface area (Å²) < 4.78 is 0. The lowest BCUT2D eigenvalue weighted by atomic mass is 10.1.